The van der Waals surface area contributed by atoms with Crippen LogP contribution in [-0.4, -0.2) is 78.2 Å². The fraction of sp³-hybridized carbons (Fsp3) is 0.474. The van der Waals surface area contributed by atoms with Crippen LogP contribution < -0.4 is 9.80 Å². The summed E-state index contributed by atoms with van der Waals surface area (Å²) in [5, 5.41) is 0. The van der Waals surface area contributed by atoms with Gasteiger partial charge in [0.1, 0.15) is 5.82 Å². The second-order valence-electron chi connectivity index (χ2n) is 6.74. The molecule has 0 saturated carbocycles. The minimum absolute atomic E-state index is 0.00157. The molecule has 2 aromatic heterocycles. The zero-order chi connectivity index (χ0) is 18.6. The average Bonchev–Trinajstić information content (AvgIpc) is 2.74. The Labute approximate surface area is 158 Å². The molecule has 0 atom stereocenters. The molecule has 0 aliphatic carbocycles. The van der Waals surface area contributed by atoms with Gasteiger partial charge in [-0.25, -0.2) is 15.0 Å². The molecule has 2 fully saturated rings. The summed E-state index contributed by atoms with van der Waals surface area (Å²) in [6, 6.07) is 5.89. The number of carbonyl (C=O) groups is 1. The van der Waals surface area contributed by atoms with Crippen molar-refractivity contribution in [3.8, 4) is 0 Å². The fourth-order valence-corrected chi connectivity index (χ4v) is 3.43. The van der Waals surface area contributed by atoms with E-state index in [0.717, 1.165) is 37.7 Å². The quantitative estimate of drug-likeness (QED) is 0.799. The van der Waals surface area contributed by atoms with Gasteiger partial charge in [0.15, 0.2) is 0 Å². The highest BCUT2D eigenvalue weighted by Crippen LogP contribution is 2.17. The largest absolute Gasteiger partial charge is 0.378 e. The summed E-state index contributed by atoms with van der Waals surface area (Å²) in [5.74, 6) is 1.63. The van der Waals surface area contributed by atoms with E-state index in [9.17, 15) is 4.79 Å². The van der Waals surface area contributed by atoms with E-state index in [1.54, 1.807) is 12.4 Å². The molecule has 1 amide bonds. The number of amides is 1. The van der Waals surface area contributed by atoms with Crippen molar-refractivity contribution in [2.24, 2.45) is 0 Å². The number of anilines is 2. The summed E-state index contributed by atoms with van der Waals surface area (Å²) in [5.41, 5.74) is 1.31. The number of hydrogen-bond donors (Lipinski definition) is 0. The highest BCUT2D eigenvalue weighted by molar-refractivity contribution is 5.95. The lowest BCUT2D eigenvalue weighted by Gasteiger charge is -2.35. The maximum absolute atomic E-state index is 12.9. The summed E-state index contributed by atoms with van der Waals surface area (Å²) >= 11 is 0. The van der Waals surface area contributed by atoms with E-state index in [1.165, 1.54) is 0 Å². The van der Waals surface area contributed by atoms with Gasteiger partial charge in [-0.3, -0.25) is 4.79 Å². The molecule has 4 rings (SSSR count). The maximum Gasteiger partial charge on any atom is 0.257 e. The summed E-state index contributed by atoms with van der Waals surface area (Å²) < 4.78 is 5.37. The Morgan fingerprint density at radius 2 is 1.78 bits per heavy atom. The highest BCUT2D eigenvalue weighted by atomic mass is 16.5. The predicted molar refractivity (Wildman–Crippen MR) is 102 cm³/mol. The molecule has 0 bridgehead atoms. The SMILES string of the molecule is Cc1nc(N2CCOCC2)ncc1C(=O)N1CCN(c2ccccn2)CC1. The van der Waals surface area contributed by atoms with Crippen LogP contribution in [0.25, 0.3) is 0 Å². The second-order valence-corrected chi connectivity index (χ2v) is 6.74. The summed E-state index contributed by atoms with van der Waals surface area (Å²) in [6.45, 7) is 7.68. The molecule has 8 heteroatoms. The number of aromatic nitrogens is 3. The van der Waals surface area contributed by atoms with Crippen LogP contribution in [0.4, 0.5) is 11.8 Å². The van der Waals surface area contributed by atoms with E-state index in [-0.39, 0.29) is 5.91 Å². The summed E-state index contributed by atoms with van der Waals surface area (Å²) in [7, 11) is 0. The van der Waals surface area contributed by atoms with Crippen molar-refractivity contribution < 1.29 is 9.53 Å². The smallest absolute Gasteiger partial charge is 0.257 e. The van der Waals surface area contributed by atoms with Gasteiger partial charge in [-0.2, -0.15) is 0 Å². The Hall–Kier alpha value is -2.74. The maximum atomic E-state index is 12.9. The van der Waals surface area contributed by atoms with Gasteiger partial charge in [0.05, 0.1) is 24.5 Å². The molecule has 2 aliphatic rings. The van der Waals surface area contributed by atoms with Crippen molar-refractivity contribution in [1.82, 2.24) is 19.9 Å². The van der Waals surface area contributed by atoms with Crippen LogP contribution in [0.15, 0.2) is 30.6 Å². The van der Waals surface area contributed by atoms with Crippen molar-refractivity contribution >= 4 is 17.7 Å². The number of pyridine rings is 1. The molecule has 0 aromatic carbocycles. The second kappa shape index (κ2) is 7.87. The van der Waals surface area contributed by atoms with Crippen LogP contribution >= 0.6 is 0 Å². The zero-order valence-electron chi connectivity index (χ0n) is 15.5. The Balaban J connectivity index is 1.41. The van der Waals surface area contributed by atoms with E-state index >= 15 is 0 Å². The minimum atomic E-state index is 0.00157. The minimum Gasteiger partial charge on any atom is -0.378 e. The van der Waals surface area contributed by atoms with Gasteiger partial charge in [0, 0.05) is 51.7 Å². The van der Waals surface area contributed by atoms with E-state index in [1.807, 2.05) is 30.0 Å². The Morgan fingerprint density at radius 3 is 2.44 bits per heavy atom. The van der Waals surface area contributed by atoms with Crippen LogP contribution in [-0.2, 0) is 4.74 Å². The lowest BCUT2D eigenvalue weighted by molar-refractivity contribution is 0.0744. The molecule has 142 valence electrons. The Kier molecular flexibility index (Phi) is 5.15. The first-order valence-electron chi connectivity index (χ1n) is 9.34. The van der Waals surface area contributed by atoms with Crippen LogP contribution in [0.1, 0.15) is 16.1 Å². The molecule has 8 nitrogen and oxygen atoms in total. The number of ether oxygens (including phenoxy) is 1. The number of aryl methyl sites for hydroxylation is 1. The lowest BCUT2D eigenvalue weighted by atomic mass is 10.2. The van der Waals surface area contributed by atoms with Gasteiger partial charge in [-0.05, 0) is 19.1 Å². The zero-order valence-corrected chi connectivity index (χ0v) is 15.5. The van der Waals surface area contributed by atoms with E-state index in [4.69, 9.17) is 4.74 Å². The molecule has 2 aromatic rings. The van der Waals surface area contributed by atoms with E-state index < -0.39 is 0 Å². The number of rotatable bonds is 3. The number of piperazine rings is 1. The van der Waals surface area contributed by atoms with Gasteiger partial charge >= 0.3 is 0 Å². The van der Waals surface area contributed by atoms with Gasteiger partial charge in [0.25, 0.3) is 5.91 Å². The van der Waals surface area contributed by atoms with Gasteiger partial charge < -0.3 is 19.4 Å². The van der Waals surface area contributed by atoms with Crippen molar-refractivity contribution in [1.29, 1.82) is 0 Å². The van der Waals surface area contributed by atoms with Gasteiger partial charge in [0.2, 0.25) is 5.95 Å². The number of carbonyl (C=O) groups excluding carboxylic acids is 1. The molecule has 2 saturated heterocycles. The van der Waals surface area contributed by atoms with Crippen LogP contribution in [0.5, 0.6) is 0 Å². The summed E-state index contributed by atoms with van der Waals surface area (Å²) in [6.07, 6.45) is 3.46. The molecule has 27 heavy (non-hydrogen) atoms. The third-order valence-corrected chi connectivity index (χ3v) is 5.03. The van der Waals surface area contributed by atoms with Crippen molar-refractivity contribution in [2.45, 2.75) is 6.92 Å². The first-order chi connectivity index (χ1) is 13.2. The standard InChI is InChI=1S/C19H24N6O2/c1-15-16(14-21-19(22-15)25-10-12-27-13-11-25)18(26)24-8-6-23(7-9-24)17-4-2-3-5-20-17/h2-5,14H,6-13H2,1H3. The van der Waals surface area contributed by atoms with Crippen molar-refractivity contribution in [3.63, 3.8) is 0 Å². The molecule has 4 heterocycles. The van der Waals surface area contributed by atoms with E-state index in [0.29, 0.717) is 37.8 Å². The monoisotopic (exact) mass is 368 g/mol. The van der Waals surface area contributed by atoms with Crippen LogP contribution in [0, 0.1) is 6.92 Å². The van der Waals surface area contributed by atoms with Crippen molar-refractivity contribution in [2.75, 3.05) is 62.3 Å². The third kappa shape index (κ3) is 3.85. The molecule has 0 N–H and O–H groups in total. The normalized spacial score (nSPS) is 17.9. The Bertz CT molecular complexity index is 786. The fourth-order valence-electron chi connectivity index (χ4n) is 3.43. The van der Waals surface area contributed by atoms with E-state index in [2.05, 4.69) is 24.8 Å². The topological polar surface area (TPSA) is 74.7 Å². The van der Waals surface area contributed by atoms with Gasteiger partial charge in [-0.1, -0.05) is 6.07 Å². The first-order valence-corrected chi connectivity index (χ1v) is 9.34. The number of hydrogen-bond acceptors (Lipinski definition) is 7. The van der Waals surface area contributed by atoms with Crippen LogP contribution in [0.2, 0.25) is 0 Å². The Morgan fingerprint density at radius 1 is 1.00 bits per heavy atom. The van der Waals surface area contributed by atoms with Crippen molar-refractivity contribution in [3.05, 3.63) is 41.9 Å². The third-order valence-electron chi connectivity index (χ3n) is 5.03. The average molecular weight is 368 g/mol. The lowest BCUT2D eigenvalue weighted by Crippen LogP contribution is -2.49. The molecular weight excluding hydrogens is 344 g/mol. The number of nitrogens with zero attached hydrogens (tertiary/aromatic N) is 6. The van der Waals surface area contributed by atoms with Gasteiger partial charge in [-0.15, -0.1) is 0 Å². The first kappa shape index (κ1) is 17.7. The van der Waals surface area contributed by atoms with Crippen LogP contribution in [0.3, 0.4) is 0 Å². The molecule has 0 unspecified atom stereocenters. The molecule has 2 aliphatic heterocycles. The number of morpholine rings is 1. The highest BCUT2D eigenvalue weighted by Gasteiger charge is 2.25. The molecule has 0 spiro atoms. The summed E-state index contributed by atoms with van der Waals surface area (Å²) in [4.78, 5) is 32.5. The molecular formula is C19H24N6O2. The molecule has 0 radical (unpaired) electrons. The predicted octanol–water partition coefficient (Wildman–Crippen LogP) is 0.979.